The topological polar surface area (TPSA) is 32.3 Å². The van der Waals surface area contributed by atoms with E-state index in [2.05, 4.69) is 12.2 Å². The summed E-state index contributed by atoms with van der Waals surface area (Å²) in [5.74, 6) is -1.84. The van der Waals surface area contributed by atoms with Crippen molar-refractivity contribution in [3.05, 3.63) is 35.4 Å². The standard InChI is InChI=1S/C14H19F2NO/c1-9-4-2-5-10(17-9)8-13(18)11-6-3-7-12(15)14(11)16/h3,6-7,9-10,13,17-18H,2,4-5,8H2,1H3. The molecule has 1 aliphatic rings. The molecule has 3 atom stereocenters. The van der Waals surface area contributed by atoms with Crippen LogP contribution in [0.3, 0.4) is 0 Å². The summed E-state index contributed by atoms with van der Waals surface area (Å²) >= 11 is 0. The van der Waals surface area contributed by atoms with Crippen molar-refractivity contribution in [3.63, 3.8) is 0 Å². The molecule has 1 aromatic rings. The fourth-order valence-corrected chi connectivity index (χ4v) is 2.60. The maximum atomic E-state index is 13.5. The highest BCUT2D eigenvalue weighted by molar-refractivity contribution is 5.21. The van der Waals surface area contributed by atoms with E-state index in [9.17, 15) is 13.9 Å². The lowest BCUT2D eigenvalue weighted by molar-refractivity contribution is 0.135. The average molecular weight is 255 g/mol. The van der Waals surface area contributed by atoms with Crippen molar-refractivity contribution in [1.82, 2.24) is 5.32 Å². The lowest BCUT2D eigenvalue weighted by Crippen LogP contribution is -2.41. The smallest absolute Gasteiger partial charge is 0.164 e. The van der Waals surface area contributed by atoms with Gasteiger partial charge in [-0.3, -0.25) is 0 Å². The van der Waals surface area contributed by atoms with Crippen LogP contribution < -0.4 is 5.32 Å². The molecule has 1 heterocycles. The molecule has 2 rings (SSSR count). The second-order valence-corrected chi connectivity index (χ2v) is 5.09. The number of hydrogen-bond donors (Lipinski definition) is 2. The number of halogens is 2. The molecular weight excluding hydrogens is 236 g/mol. The number of benzene rings is 1. The summed E-state index contributed by atoms with van der Waals surface area (Å²) < 4.78 is 26.6. The first-order valence-electron chi connectivity index (χ1n) is 6.46. The Morgan fingerprint density at radius 1 is 1.39 bits per heavy atom. The fourth-order valence-electron chi connectivity index (χ4n) is 2.60. The molecule has 100 valence electrons. The van der Waals surface area contributed by atoms with E-state index in [-0.39, 0.29) is 11.6 Å². The van der Waals surface area contributed by atoms with Crippen molar-refractivity contribution in [2.24, 2.45) is 0 Å². The van der Waals surface area contributed by atoms with Gasteiger partial charge in [0.2, 0.25) is 0 Å². The van der Waals surface area contributed by atoms with E-state index in [1.165, 1.54) is 12.1 Å². The van der Waals surface area contributed by atoms with Gasteiger partial charge in [0.05, 0.1) is 6.10 Å². The molecule has 4 heteroatoms. The van der Waals surface area contributed by atoms with Gasteiger partial charge in [0.25, 0.3) is 0 Å². The van der Waals surface area contributed by atoms with Crippen molar-refractivity contribution in [1.29, 1.82) is 0 Å². The average Bonchev–Trinajstić information content (AvgIpc) is 2.32. The highest BCUT2D eigenvalue weighted by Crippen LogP contribution is 2.26. The Morgan fingerprint density at radius 2 is 2.17 bits per heavy atom. The second kappa shape index (κ2) is 5.76. The first kappa shape index (κ1) is 13.4. The molecule has 0 saturated carbocycles. The van der Waals surface area contributed by atoms with Gasteiger partial charge in [-0.05, 0) is 32.3 Å². The zero-order valence-corrected chi connectivity index (χ0v) is 10.5. The molecule has 18 heavy (non-hydrogen) atoms. The molecule has 2 nitrogen and oxygen atoms in total. The normalized spacial score (nSPS) is 26.0. The van der Waals surface area contributed by atoms with Crippen LogP contribution in [0.5, 0.6) is 0 Å². The SMILES string of the molecule is CC1CCCC(CC(O)c2cccc(F)c2F)N1. The molecule has 3 unspecified atom stereocenters. The van der Waals surface area contributed by atoms with E-state index in [4.69, 9.17) is 0 Å². The molecule has 1 aliphatic heterocycles. The first-order chi connectivity index (χ1) is 8.58. The van der Waals surface area contributed by atoms with Crippen LogP contribution in [0.15, 0.2) is 18.2 Å². The quantitative estimate of drug-likeness (QED) is 0.870. The summed E-state index contributed by atoms with van der Waals surface area (Å²) in [5, 5.41) is 13.4. The van der Waals surface area contributed by atoms with Crippen LogP contribution in [0.1, 0.15) is 44.3 Å². The minimum absolute atomic E-state index is 0.0510. The highest BCUT2D eigenvalue weighted by Gasteiger charge is 2.23. The zero-order chi connectivity index (χ0) is 13.1. The van der Waals surface area contributed by atoms with Crippen molar-refractivity contribution in [3.8, 4) is 0 Å². The lowest BCUT2D eigenvalue weighted by Gasteiger charge is -2.30. The van der Waals surface area contributed by atoms with Crippen molar-refractivity contribution >= 4 is 0 Å². The molecule has 0 aromatic heterocycles. The third-order valence-corrected chi connectivity index (χ3v) is 3.56. The minimum atomic E-state index is -0.955. The van der Waals surface area contributed by atoms with Gasteiger partial charge in [0.1, 0.15) is 0 Å². The summed E-state index contributed by atoms with van der Waals surface area (Å²) in [4.78, 5) is 0. The monoisotopic (exact) mass is 255 g/mol. The van der Waals surface area contributed by atoms with Gasteiger partial charge in [-0.2, -0.15) is 0 Å². The number of piperidine rings is 1. The van der Waals surface area contributed by atoms with Gasteiger partial charge in [-0.1, -0.05) is 18.6 Å². The summed E-state index contributed by atoms with van der Waals surface area (Å²) in [6.07, 6.45) is 2.67. The Balaban J connectivity index is 2.02. The Bertz CT molecular complexity index is 411. The highest BCUT2D eigenvalue weighted by atomic mass is 19.2. The van der Waals surface area contributed by atoms with Crippen LogP contribution in [0.25, 0.3) is 0 Å². The molecule has 1 saturated heterocycles. The van der Waals surface area contributed by atoms with Gasteiger partial charge in [0, 0.05) is 17.6 Å². The van der Waals surface area contributed by atoms with Gasteiger partial charge in [0.15, 0.2) is 11.6 Å². The molecule has 1 aromatic carbocycles. The van der Waals surface area contributed by atoms with E-state index in [0.29, 0.717) is 12.5 Å². The van der Waals surface area contributed by atoms with E-state index in [1.54, 1.807) is 0 Å². The van der Waals surface area contributed by atoms with Gasteiger partial charge in [-0.15, -0.1) is 0 Å². The molecule has 0 amide bonds. The van der Waals surface area contributed by atoms with Crippen LogP contribution in [0.2, 0.25) is 0 Å². The van der Waals surface area contributed by atoms with Gasteiger partial charge in [-0.25, -0.2) is 8.78 Å². The van der Waals surface area contributed by atoms with E-state index >= 15 is 0 Å². The van der Waals surface area contributed by atoms with Gasteiger partial charge < -0.3 is 10.4 Å². The predicted octanol–water partition coefficient (Wildman–Crippen LogP) is 2.92. The number of hydrogen-bond acceptors (Lipinski definition) is 2. The van der Waals surface area contributed by atoms with E-state index in [0.717, 1.165) is 25.3 Å². The third kappa shape index (κ3) is 3.06. The maximum absolute atomic E-state index is 13.5. The summed E-state index contributed by atoms with van der Waals surface area (Å²) in [7, 11) is 0. The lowest BCUT2D eigenvalue weighted by atomic mass is 9.93. The second-order valence-electron chi connectivity index (χ2n) is 5.09. The molecule has 0 bridgehead atoms. The Labute approximate surface area is 106 Å². The number of nitrogens with one attached hydrogen (secondary N) is 1. The van der Waals surface area contributed by atoms with Crippen LogP contribution in [-0.4, -0.2) is 17.2 Å². The molecule has 0 radical (unpaired) electrons. The van der Waals surface area contributed by atoms with Crippen LogP contribution in [0.4, 0.5) is 8.78 Å². The number of rotatable bonds is 3. The van der Waals surface area contributed by atoms with Crippen LogP contribution >= 0.6 is 0 Å². The zero-order valence-electron chi connectivity index (χ0n) is 10.5. The Kier molecular flexibility index (Phi) is 4.30. The summed E-state index contributed by atoms with van der Waals surface area (Å²) in [5.41, 5.74) is 0.0510. The van der Waals surface area contributed by atoms with Crippen LogP contribution in [-0.2, 0) is 0 Å². The van der Waals surface area contributed by atoms with Crippen LogP contribution in [0, 0.1) is 11.6 Å². The Hall–Kier alpha value is -1.00. The summed E-state index contributed by atoms with van der Waals surface area (Å²) in [6.45, 7) is 2.10. The largest absolute Gasteiger partial charge is 0.388 e. The van der Waals surface area contributed by atoms with E-state index in [1.807, 2.05) is 0 Å². The minimum Gasteiger partial charge on any atom is -0.388 e. The molecule has 0 spiro atoms. The number of aliphatic hydroxyl groups excluding tert-OH is 1. The molecule has 0 aliphatic carbocycles. The Morgan fingerprint density at radius 3 is 2.89 bits per heavy atom. The maximum Gasteiger partial charge on any atom is 0.164 e. The molecule has 2 N–H and O–H groups in total. The predicted molar refractivity (Wildman–Crippen MR) is 66.2 cm³/mol. The first-order valence-corrected chi connectivity index (χ1v) is 6.46. The summed E-state index contributed by atoms with van der Waals surface area (Å²) in [6, 6.07) is 4.52. The molecule has 1 fully saturated rings. The number of aliphatic hydroxyl groups is 1. The van der Waals surface area contributed by atoms with Gasteiger partial charge >= 0.3 is 0 Å². The van der Waals surface area contributed by atoms with E-state index < -0.39 is 17.7 Å². The third-order valence-electron chi connectivity index (χ3n) is 3.56. The fraction of sp³-hybridized carbons (Fsp3) is 0.571. The molecular formula is C14H19F2NO. The van der Waals surface area contributed by atoms with Crippen molar-refractivity contribution < 1.29 is 13.9 Å². The van der Waals surface area contributed by atoms with Crippen molar-refractivity contribution in [2.75, 3.05) is 0 Å². The van der Waals surface area contributed by atoms with Crippen molar-refractivity contribution in [2.45, 2.75) is 50.8 Å².